The van der Waals surface area contributed by atoms with Gasteiger partial charge < -0.3 is 10.1 Å². The largest absolute Gasteiger partial charge is 0.489 e. The number of para-hydroxylation sites is 1. The van der Waals surface area contributed by atoms with E-state index in [1.807, 2.05) is 12.1 Å². The molecular weight excluding hydrogens is 282 g/mol. The van der Waals surface area contributed by atoms with Crippen LogP contribution in [0.3, 0.4) is 0 Å². The molecule has 0 atom stereocenters. The van der Waals surface area contributed by atoms with E-state index in [0.29, 0.717) is 6.10 Å². The van der Waals surface area contributed by atoms with Gasteiger partial charge in [0.05, 0.1) is 11.1 Å². The van der Waals surface area contributed by atoms with E-state index < -0.39 is 0 Å². The number of halogens is 1. The lowest BCUT2D eigenvalue weighted by molar-refractivity contribution is 0.181. The van der Waals surface area contributed by atoms with Gasteiger partial charge in [0.1, 0.15) is 5.75 Å². The van der Waals surface area contributed by atoms with Crippen molar-refractivity contribution in [2.75, 3.05) is 0 Å². The average molecular weight is 310 g/mol. The maximum absolute atomic E-state index is 6.39. The van der Waals surface area contributed by atoms with Crippen molar-refractivity contribution in [2.45, 2.75) is 77.5 Å². The monoisotopic (exact) mass is 309 g/mol. The van der Waals surface area contributed by atoms with Crippen LogP contribution in [0.2, 0.25) is 5.02 Å². The van der Waals surface area contributed by atoms with Gasteiger partial charge >= 0.3 is 0 Å². The van der Waals surface area contributed by atoms with Crippen LogP contribution in [0, 0.1) is 0 Å². The Morgan fingerprint density at radius 1 is 1.14 bits per heavy atom. The first-order chi connectivity index (χ1) is 9.96. The summed E-state index contributed by atoms with van der Waals surface area (Å²) in [5.41, 5.74) is 1.24. The van der Waals surface area contributed by atoms with Crippen LogP contribution in [-0.2, 0) is 6.54 Å². The second kappa shape index (κ2) is 7.51. The van der Waals surface area contributed by atoms with Crippen molar-refractivity contribution in [3.8, 4) is 5.75 Å². The van der Waals surface area contributed by atoms with Gasteiger partial charge in [-0.05, 0) is 52.5 Å². The molecule has 1 aliphatic rings. The molecule has 1 N–H and O–H groups in total. The Bertz CT molecular complexity index is 445. The second-order valence-electron chi connectivity index (χ2n) is 7.06. The molecule has 0 radical (unpaired) electrons. The van der Waals surface area contributed by atoms with E-state index in [1.54, 1.807) is 0 Å². The zero-order chi connectivity index (χ0) is 15.3. The highest BCUT2D eigenvalue weighted by atomic mass is 35.5. The van der Waals surface area contributed by atoms with Crippen LogP contribution in [0.25, 0.3) is 0 Å². The van der Waals surface area contributed by atoms with Gasteiger partial charge in [-0.1, -0.05) is 36.6 Å². The minimum Gasteiger partial charge on any atom is -0.489 e. The normalized spacial score (nSPS) is 17.5. The maximum atomic E-state index is 6.39. The van der Waals surface area contributed by atoms with Crippen LogP contribution < -0.4 is 10.1 Å². The summed E-state index contributed by atoms with van der Waals surface area (Å²) in [7, 11) is 0. The van der Waals surface area contributed by atoms with Gasteiger partial charge in [0.25, 0.3) is 0 Å². The Hall–Kier alpha value is -0.730. The average Bonchev–Trinajstić information content (AvgIpc) is 2.67. The molecule has 0 unspecified atom stereocenters. The summed E-state index contributed by atoms with van der Waals surface area (Å²) in [4.78, 5) is 0. The molecule has 3 heteroatoms. The molecule has 0 aliphatic heterocycles. The molecule has 1 saturated carbocycles. The molecule has 118 valence electrons. The number of benzene rings is 1. The topological polar surface area (TPSA) is 21.3 Å². The summed E-state index contributed by atoms with van der Waals surface area (Å²) in [6.45, 7) is 7.29. The Morgan fingerprint density at radius 2 is 1.81 bits per heavy atom. The molecule has 1 aromatic carbocycles. The first-order valence-corrected chi connectivity index (χ1v) is 8.52. The fourth-order valence-electron chi connectivity index (χ4n) is 2.71. The quantitative estimate of drug-likeness (QED) is 0.759. The zero-order valence-electron chi connectivity index (χ0n) is 13.5. The van der Waals surface area contributed by atoms with Gasteiger partial charge in [-0.3, -0.25) is 0 Å². The summed E-state index contributed by atoms with van der Waals surface area (Å²) in [5, 5.41) is 4.25. The molecule has 0 saturated heterocycles. The van der Waals surface area contributed by atoms with Gasteiger partial charge in [-0.15, -0.1) is 0 Å². The van der Waals surface area contributed by atoms with Crippen LogP contribution >= 0.6 is 11.6 Å². The third-order valence-electron chi connectivity index (χ3n) is 3.94. The third-order valence-corrected chi connectivity index (χ3v) is 4.24. The highest BCUT2D eigenvalue weighted by molar-refractivity contribution is 6.32. The van der Waals surface area contributed by atoms with E-state index >= 15 is 0 Å². The van der Waals surface area contributed by atoms with E-state index in [1.165, 1.54) is 25.7 Å². The summed E-state index contributed by atoms with van der Waals surface area (Å²) < 4.78 is 6.29. The summed E-state index contributed by atoms with van der Waals surface area (Å²) in [5.74, 6) is 0.878. The third kappa shape index (κ3) is 5.52. The number of hydrogen-bond donors (Lipinski definition) is 1. The second-order valence-corrected chi connectivity index (χ2v) is 7.47. The first kappa shape index (κ1) is 16.6. The standard InChI is InChI=1S/C18H28ClNO/c1-18(2,3)20-13-14-9-8-12-16(19)17(14)21-15-10-6-4-5-7-11-15/h8-9,12,15,20H,4-7,10-11,13H2,1-3H3. The fraction of sp³-hybridized carbons (Fsp3) is 0.667. The van der Waals surface area contributed by atoms with Crippen molar-refractivity contribution in [3.05, 3.63) is 28.8 Å². The maximum Gasteiger partial charge on any atom is 0.142 e. The molecule has 0 aromatic heterocycles. The van der Waals surface area contributed by atoms with Crippen LogP contribution in [0.1, 0.15) is 64.9 Å². The Morgan fingerprint density at radius 3 is 2.43 bits per heavy atom. The van der Waals surface area contributed by atoms with Crippen LogP contribution in [0.4, 0.5) is 0 Å². The van der Waals surface area contributed by atoms with E-state index in [9.17, 15) is 0 Å². The molecule has 1 aromatic rings. The molecule has 21 heavy (non-hydrogen) atoms. The molecule has 0 bridgehead atoms. The molecular formula is C18H28ClNO. The van der Waals surface area contributed by atoms with Gasteiger partial charge in [0.2, 0.25) is 0 Å². The molecule has 2 nitrogen and oxygen atoms in total. The first-order valence-electron chi connectivity index (χ1n) is 8.15. The van der Waals surface area contributed by atoms with Crippen LogP contribution in [0.5, 0.6) is 5.75 Å². The summed E-state index contributed by atoms with van der Waals surface area (Å²) >= 11 is 6.39. The minimum atomic E-state index is 0.0852. The van der Waals surface area contributed by atoms with E-state index in [2.05, 4.69) is 32.2 Å². The molecule has 1 fully saturated rings. The molecule has 0 spiro atoms. The van der Waals surface area contributed by atoms with Crippen LogP contribution in [-0.4, -0.2) is 11.6 Å². The minimum absolute atomic E-state index is 0.0852. The SMILES string of the molecule is CC(C)(C)NCc1cccc(Cl)c1OC1CCCCCC1. The van der Waals surface area contributed by atoms with Crippen LogP contribution in [0.15, 0.2) is 18.2 Å². The lowest BCUT2D eigenvalue weighted by Crippen LogP contribution is -2.35. The molecule has 2 rings (SSSR count). The van der Waals surface area contributed by atoms with Crippen molar-refractivity contribution < 1.29 is 4.74 Å². The van der Waals surface area contributed by atoms with Crippen molar-refractivity contribution >= 4 is 11.6 Å². The predicted molar refractivity (Wildman–Crippen MR) is 90.2 cm³/mol. The number of rotatable bonds is 4. The predicted octanol–water partition coefficient (Wildman–Crippen LogP) is 5.33. The van der Waals surface area contributed by atoms with Crippen molar-refractivity contribution in [2.24, 2.45) is 0 Å². The van der Waals surface area contributed by atoms with Crippen molar-refractivity contribution in [1.29, 1.82) is 0 Å². The lowest BCUT2D eigenvalue weighted by atomic mass is 10.1. The molecule has 1 aliphatic carbocycles. The fourth-order valence-corrected chi connectivity index (χ4v) is 2.95. The van der Waals surface area contributed by atoms with Gasteiger partial charge in [0, 0.05) is 17.6 Å². The lowest BCUT2D eigenvalue weighted by Gasteiger charge is -2.24. The van der Waals surface area contributed by atoms with E-state index in [0.717, 1.165) is 35.7 Å². The van der Waals surface area contributed by atoms with E-state index in [-0.39, 0.29) is 5.54 Å². The molecule has 0 amide bonds. The highest BCUT2D eigenvalue weighted by Crippen LogP contribution is 2.32. The van der Waals surface area contributed by atoms with Gasteiger partial charge in [-0.2, -0.15) is 0 Å². The number of hydrogen-bond acceptors (Lipinski definition) is 2. The highest BCUT2D eigenvalue weighted by Gasteiger charge is 2.18. The Balaban J connectivity index is 2.09. The van der Waals surface area contributed by atoms with Crippen molar-refractivity contribution in [1.82, 2.24) is 5.32 Å². The smallest absolute Gasteiger partial charge is 0.142 e. The number of nitrogens with one attached hydrogen (secondary N) is 1. The van der Waals surface area contributed by atoms with Gasteiger partial charge in [-0.25, -0.2) is 0 Å². The summed E-state index contributed by atoms with van der Waals surface area (Å²) in [6.07, 6.45) is 7.83. The molecule has 0 heterocycles. The van der Waals surface area contributed by atoms with E-state index in [4.69, 9.17) is 16.3 Å². The van der Waals surface area contributed by atoms with Gasteiger partial charge in [0.15, 0.2) is 0 Å². The summed E-state index contributed by atoms with van der Waals surface area (Å²) in [6, 6.07) is 6.03. The zero-order valence-corrected chi connectivity index (χ0v) is 14.3. The van der Waals surface area contributed by atoms with Crippen molar-refractivity contribution in [3.63, 3.8) is 0 Å². The number of ether oxygens (including phenoxy) is 1. The Labute approximate surface area is 134 Å². The Kier molecular flexibility index (Phi) is 5.95.